The second kappa shape index (κ2) is 8.72. The van der Waals surface area contributed by atoms with Crippen LogP contribution in [-0.2, 0) is 18.0 Å². The molecule has 132 valence electrons. The summed E-state index contributed by atoms with van der Waals surface area (Å²) >= 11 is 0. The van der Waals surface area contributed by atoms with E-state index < -0.39 is 5.97 Å². The molecule has 3 aromatic rings. The van der Waals surface area contributed by atoms with Crippen LogP contribution in [0.4, 0.5) is 0 Å². The molecule has 0 fully saturated rings. The van der Waals surface area contributed by atoms with Gasteiger partial charge in [0, 0.05) is 0 Å². The van der Waals surface area contributed by atoms with Gasteiger partial charge < -0.3 is 14.2 Å². The van der Waals surface area contributed by atoms with E-state index in [0.717, 1.165) is 11.1 Å². The van der Waals surface area contributed by atoms with Crippen molar-refractivity contribution in [3.63, 3.8) is 0 Å². The number of esters is 1. The predicted molar refractivity (Wildman–Crippen MR) is 99.3 cm³/mol. The fourth-order valence-electron chi connectivity index (χ4n) is 2.53. The van der Waals surface area contributed by atoms with E-state index in [4.69, 9.17) is 14.2 Å². The number of methoxy groups -OCH3 is 1. The Morgan fingerprint density at radius 3 is 1.58 bits per heavy atom. The maximum atomic E-state index is 12.3. The van der Waals surface area contributed by atoms with Gasteiger partial charge in [0.25, 0.3) is 0 Å². The molecule has 0 heterocycles. The van der Waals surface area contributed by atoms with Gasteiger partial charge in [-0.25, -0.2) is 4.79 Å². The van der Waals surface area contributed by atoms with Gasteiger partial charge in [-0.3, -0.25) is 0 Å². The lowest BCUT2D eigenvalue weighted by Crippen LogP contribution is -2.09. The fraction of sp³-hybridized carbons (Fsp3) is 0.136. The van der Waals surface area contributed by atoms with E-state index in [1.807, 2.05) is 60.7 Å². The Hall–Kier alpha value is -3.27. The topological polar surface area (TPSA) is 44.8 Å². The molecule has 0 radical (unpaired) electrons. The highest BCUT2D eigenvalue weighted by Crippen LogP contribution is 2.30. The molecule has 4 nitrogen and oxygen atoms in total. The van der Waals surface area contributed by atoms with Crippen molar-refractivity contribution >= 4 is 5.97 Å². The smallest absolute Gasteiger partial charge is 0.345 e. The molecule has 3 aromatic carbocycles. The molecule has 0 amide bonds. The number of hydrogen-bond acceptors (Lipinski definition) is 4. The van der Waals surface area contributed by atoms with E-state index in [1.54, 1.807) is 18.2 Å². The first kappa shape index (κ1) is 17.5. The van der Waals surface area contributed by atoms with Gasteiger partial charge in [-0.1, -0.05) is 66.7 Å². The van der Waals surface area contributed by atoms with E-state index in [1.165, 1.54) is 7.11 Å². The first-order valence-electron chi connectivity index (χ1n) is 8.32. The Kier molecular flexibility index (Phi) is 5.88. The van der Waals surface area contributed by atoms with Crippen molar-refractivity contribution in [3.05, 3.63) is 95.6 Å². The second-order valence-electron chi connectivity index (χ2n) is 5.67. The van der Waals surface area contributed by atoms with Gasteiger partial charge in [0.15, 0.2) is 0 Å². The molecular weight excluding hydrogens is 328 g/mol. The molecule has 3 rings (SSSR count). The van der Waals surface area contributed by atoms with Gasteiger partial charge in [0.2, 0.25) is 0 Å². The number of carbonyl (C=O) groups is 1. The zero-order valence-electron chi connectivity index (χ0n) is 14.6. The van der Waals surface area contributed by atoms with Crippen LogP contribution >= 0.6 is 0 Å². The van der Waals surface area contributed by atoms with Crippen molar-refractivity contribution in [2.24, 2.45) is 0 Å². The maximum absolute atomic E-state index is 12.3. The van der Waals surface area contributed by atoms with Gasteiger partial charge in [-0.05, 0) is 23.3 Å². The standard InChI is InChI=1S/C22H20O4/c1-24-22(23)21-19(25-15-17-9-4-2-5-10-17)13-8-14-20(21)26-16-18-11-6-3-7-12-18/h2-14H,15-16H2,1H3. The third kappa shape index (κ3) is 4.42. The molecule has 0 aliphatic rings. The van der Waals surface area contributed by atoms with E-state index in [-0.39, 0.29) is 0 Å². The van der Waals surface area contributed by atoms with Gasteiger partial charge >= 0.3 is 5.97 Å². The van der Waals surface area contributed by atoms with Crippen LogP contribution in [0.1, 0.15) is 21.5 Å². The van der Waals surface area contributed by atoms with Crippen molar-refractivity contribution in [3.8, 4) is 11.5 Å². The lowest BCUT2D eigenvalue weighted by Gasteiger charge is -2.15. The Morgan fingerprint density at radius 1 is 0.692 bits per heavy atom. The van der Waals surface area contributed by atoms with Crippen LogP contribution in [-0.4, -0.2) is 13.1 Å². The van der Waals surface area contributed by atoms with Crippen molar-refractivity contribution < 1.29 is 19.0 Å². The zero-order chi connectivity index (χ0) is 18.2. The number of rotatable bonds is 7. The third-order valence-electron chi connectivity index (χ3n) is 3.85. The van der Waals surface area contributed by atoms with E-state index in [2.05, 4.69) is 0 Å². The van der Waals surface area contributed by atoms with Crippen molar-refractivity contribution in [1.29, 1.82) is 0 Å². The summed E-state index contributed by atoms with van der Waals surface area (Å²) in [5.41, 5.74) is 2.32. The zero-order valence-corrected chi connectivity index (χ0v) is 14.6. The highest BCUT2D eigenvalue weighted by molar-refractivity contribution is 5.95. The minimum atomic E-state index is -0.489. The molecule has 0 aliphatic heterocycles. The summed E-state index contributed by atoms with van der Waals surface area (Å²) in [6, 6.07) is 24.8. The quantitative estimate of drug-likeness (QED) is 0.584. The summed E-state index contributed by atoms with van der Waals surface area (Å²) < 4.78 is 16.6. The Bertz CT molecular complexity index is 783. The lowest BCUT2D eigenvalue weighted by atomic mass is 10.1. The van der Waals surface area contributed by atoms with E-state index in [0.29, 0.717) is 30.3 Å². The van der Waals surface area contributed by atoms with Crippen LogP contribution in [0.5, 0.6) is 11.5 Å². The summed E-state index contributed by atoms with van der Waals surface area (Å²) in [5.74, 6) is 0.384. The normalized spacial score (nSPS) is 10.2. The summed E-state index contributed by atoms with van der Waals surface area (Å²) in [5, 5.41) is 0. The summed E-state index contributed by atoms with van der Waals surface area (Å²) in [6.45, 7) is 0.708. The molecule has 0 atom stereocenters. The van der Waals surface area contributed by atoms with Crippen LogP contribution in [0.15, 0.2) is 78.9 Å². The van der Waals surface area contributed by atoms with Gasteiger partial charge in [0.1, 0.15) is 30.3 Å². The average Bonchev–Trinajstić information content (AvgIpc) is 2.71. The Balaban J connectivity index is 1.81. The highest BCUT2D eigenvalue weighted by atomic mass is 16.5. The Morgan fingerprint density at radius 2 is 1.15 bits per heavy atom. The fourth-order valence-corrected chi connectivity index (χ4v) is 2.53. The lowest BCUT2D eigenvalue weighted by molar-refractivity contribution is 0.0590. The molecule has 0 aromatic heterocycles. The maximum Gasteiger partial charge on any atom is 0.345 e. The highest BCUT2D eigenvalue weighted by Gasteiger charge is 2.20. The molecule has 0 spiro atoms. The molecule has 0 unspecified atom stereocenters. The summed E-state index contributed by atoms with van der Waals surface area (Å²) in [4.78, 5) is 12.3. The van der Waals surface area contributed by atoms with Crippen LogP contribution in [0.25, 0.3) is 0 Å². The number of benzene rings is 3. The summed E-state index contributed by atoms with van der Waals surface area (Å²) in [6.07, 6.45) is 0. The van der Waals surface area contributed by atoms with Crippen molar-refractivity contribution in [2.45, 2.75) is 13.2 Å². The van der Waals surface area contributed by atoms with E-state index in [9.17, 15) is 4.79 Å². The van der Waals surface area contributed by atoms with Crippen LogP contribution < -0.4 is 9.47 Å². The molecule has 0 bridgehead atoms. The molecule has 26 heavy (non-hydrogen) atoms. The SMILES string of the molecule is COC(=O)c1c(OCc2ccccc2)cccc1OCc1ccccc1. The first-order chi connectivity index (χ1) is 12.8. The molecular formula is C22H20O4. The third-order valence-corrected chi connectivity index (χ3v) is 3.85. The molecule has 0 saturated heterocycles. The number of carbonyl (C=O) groups excluding carboxylic acids is 1. The Labute approximate surface area is 153 Å². The van der Waals surface area contributed by atoms with Crippen molar-refractivity contribution in [1.82, 2.24) is 0 Å². The molecule has 0 saturated carbocycles. The van der Waals surface area contributed by atoms with Crippen LogP contribution in [0, 0.1) is 0 Å². The van der Waals surface area contributed by atoms with E-state index >= 15 is 0 Å². The van der Waals surface area contributed by atoms with Crippen LogP contribution in [0.2, 0.25) is 0 Å². The van der Waals surface area contributed by atoms with Crippen molar-refractivity contribution in [2.75, 3.05) is 7.11 Å². The average molecular weight is 348 g/mol. The van der Waals surface area contributed by atoms with Gasteiger partial charge in [-0.15, -0.1) is 0 Å². The number of ether oxygens (including phenoxy) is 3. The monoisotopic (exact) mass is 348 g/mol. The van der Waals surface area contributed by atoms with Crippen LogP contribution in [0.3, 0.4) is 0 Å². The minimum absolute atomic E-state index is 0.293. The predicted octanol–water partition coefficient (Wildman–Crippen LogP) is 4.63. The molecule has 0 N–H and O–H groups in total. The number of hydrogen-bond donors (Lipinski definition) is 0. The molecule has 0 aliphatic carbocycles. The largest absolute Gasteiger partial charge is 0.488 e. The minimum Gasteiger partial charge on any atom is -0.488 e. The molecule has 4 heteroatoms. The van der Waals surface area contributed by atoms with Gasteiger partial charge in [0.05, 0.1) is 7.11 Å². The summed E-state index contributed by atoms with van der Waals surface area (Å²) in [7, 11) is 1.34. The first-order valence-corrected chi connectivity index (χ1v) is 8.32. The second-order valence-corrected chi connectivity index (χ2v) is 5.67. The van der Waals surface area contributed by atoms with Gasteiger partial charge in [-0.2, -0.15) is 0 Å².